The van der Waals surface area contributed by atoms with Crippen LogP contribution in [-0.4, -0.2) is 4.90 Å². The third-order valence-corrected chi connectivity index (χ3v) is 5.34. The maximum Gasteiger partial charge on any atom is 0.0980 e. The minimum absolute atomic E-state index is 0.0112. The van der Waals surface area contributed by atoms with Gasteiger partial charge in [0, 0.05) is 18.7 Å². The molecule has 0 heterocycles. The highest BCUT2D eigenvalue weighted by molar-refractivity contribution is 5.39. The molecule has 0 bridgehead atoms. The smallest absolute Gasteiger partial charge is 0.0980 e. The lowest BCUT2D eigenvalue weighted by molar-refractivity contribution is 0.219. The number of rotatable bonds is 6. The summed E-state index contributed by atoms with van der Waals surface area (Å²) in [5.74, 6) is 7.02. The average molecular weight is 402 g/mol. The lowest BCUT2D eigenvalue weighted by Gasteiger charge is -2.29. The van der Waals surface area contributed by atoms with Crippen molar-refractivity contribution >= 4 is 0 Å². The van der Waals surface area contributed by atoms with Gasteiger partial charge in [0.1, 0.15) is 0 Å². The molecule has 1 heteroatoms. The summed E-state index contributed by atoms with van der Waals surface area (Å²) in [7, 11) is 0. The molecular weight excluding hydrogens is 374 g/mol. The van der Waals surface area contributed by atoms with Gasteiger partial charge in [-0.1, -0.05) is 121 Å². The van der Waals surface area contributed by atoms with Crippen LogP contribution in [0.1, 0.15) is 33.9 Å². The minimum atomic E-state index is -0.0112. The molecule has 152 valence electrons. The summed E-state index contributed by atoms with van der Waals surface area (Å²) in [5, 5.41) is 0. The zero-order valence-corrected chi connectivity index (χ0v) is 17.9. The van der Waals surface area contributed by atoms with E-state index in [1.165, 1.54) is 22.3 Å². The van der Waals surface area contributed by atoms with Gasteiger partial charge in [0.15, 0.2) is 0 Å². The van der Waals surface area contributed by atoms with Gasteiger partial charge in [0.05, 0.1) is 6.04 Å². The van der Waals surface area contributed by atoms with Crippen molar-refractivity contribution in [3.63, 3.8) is 0 Å². The summed E-state index contributed by atoms with van der Waals surface area (Å²) in [4.78, 5) is 2.46. The van der Waals surface area contributed by atoms with Gasteiger partial charge in [-0.05, 0) is 35.7 Å². The summed E-state index contributed by atoms with van der Waals surface area (Å²) in [6, 6.07) is 40.3. The van der Waals surface area contributed by atoms with Crippen LogP contribution in [0.3, 0.4) is 0 Å². The van der Waals surface area contributed by atoms with E-state index in [9.17, 15) is 0 Å². The highest BCUT2D eigenvalue weighted by atomic mass is 15.1. The first-order valence-electron chi connectivity index (χ1n) is 10.7. The van der Waals surface area contributed by atoms with Gasteiger partial charge in [-0.25, -0.2) is 0 Å². The first kappa shape index (κ1) is 20.7. The van der Waals surface area contributed by atoms with E-state index in [1.54, 1.807) is 0 Å². The number of benzene rings is 4. The van der Waals surface area contributed by atoms with Gasteiger partial charge in [-0.2, -0.15) is 0 Å². The van der Waals surface area contributed by atoms with Gasteiger partial charge in [0.25, 0.3) is 0 Å². The number of nitrogens with zero attached hydrogens (tertiary/aromatic N) is 1. The van der Waals surface area contributed by atoms with Crippen molar-refractivity contribution < 1.29 is 0 Å². The zero-order chi connectivity index (χ0) is 21.3. The van der Waals surface area contributed by atoms with Crippen molar-refractivity contribution in [1.29, 1.82) is 0 Å². The molecule has 4 aromatic rings. The molecule has 31 heavy (non-hydrogen) atoms. The van der Waals surface area contributed by atoms with E-state index in [0.29, 0.717) is 0 Å². The summed E-state index contributed by atoms with van der Waals surface area (Å²) < 4.78 is 0. The van der Waals surface area contributed by atoms with Gasteiger partial charge in [-0.15, -0.1) is 0 Å². The van der Waals surface area contributed by atoms with E-state index in [2.05, 4.69) is 139 Å². The second-order valence-corrected chi connectivity index (χ2v) is 7.82. The monoisotopic (exact) mass is 401 g/mol. The molecule has 0 aromatic heterocycles. The Labute approximate surface area is 186 Å². The van der Waals surface area contributed by atoms with Gasteiger partial charge >= 0.3 is 0 Å². The highest BCUT2D eigenvalue weighted by Gasteiger charge is 2.19. The first-order valence-corrected chi connectivity index (χ1v) is 10.7. The minimum Gasteiger partial charge on any atom is -0.277 e. The fourth-order valence-electron chi connectivity index (χ4n) is 3.68. The lowest BCUT2D eigenvalue weighted by Crippen LogP contribution is -2.27. The van der Waals surface area contributed by atoms with Crippen LogP contribution in [0.15, 0.2) is 115 Å². The Kier molecular flexibility index (Phi) is 6.96. The molecule has 1 atom stereocenters. The molecule has 4 aromatic carbocycles. The topological polar surface area (TPSA) is 3.24 Å². The molecule has 0 amide bonds. The van der Waals surface area contributed by atoms with Crippen LogP contribution in [0, 0.1) is 18.8 Å². The number of hydrogen-bond acceptors (Lipinski definition) is 1. The molecule has 0 aliphatic heterocycles. The highest BCUT2D eigenvalue weighted by Crippen LogP contribution is 2.25. The van der Waals surface area contributed by atoms with E-state index in [-0.39, 0.29) is 6.04 Å². The van der Waals surface area contributed by atoms with Gasteiger partial charge in [-0.3, -0.25) is 4.90 Å². The lowest BCUT2D eigenvalue weighted by atomic mass is 10.0. The second-order valence-electron chi connectivity index (χ2n) is 7.82. The molecule has 1 unspecified atom stereocenters. The Hall–Kier alpha value is -3.60. The van der Waals surface area contributed by atoms with Crippen molar-refractivity contribution in [2.24, 2.45) is 0 Å². The second kappa shape index (κ2) is 10.4. The first-order chi connectivity index (χ1) is 15.3. The van der Waals surface area contributed by atoms with Crippen LogP contribution in [0.5, 0.6) is 0 Å². The molecule has 1 nitrogen and oxygen atoms in total. The van der Waals surface area contributed by atoms with E-state index in [0.717, 1.165) is 18.7 Å². The molecular formula is C30H27N. The van der Waals surface area contributed by atoms with E-state index in [4.69, 9.17) is 0 Å². The Morgan fingerprint density at radius 1 is 0.613 bits per heavy atom. The third-order valence-electron chi connectivity index (χ3n) is 5.34. The van der Waals surface area contributed by atoms with Crippen molar-refractivity contribution in [2.45, 2.75) is 26.1 Å². The van der Waals surface area contributed by atoms with Gasteiger partial charge < -0.3 is 0 Å². The Bertz CT molecular complexity index is 1080. The third kappa shape index (κ3) is 5.95. The summed E-state index contributed by atoms with van der Waals surface area (Å²) >= 11 is 0. The van der Waals surface area contributed by atoms with Crippen LogP contribution in [0.4, 0.5) is 0 Å². The Balaban J connectivity index is 1.72. The average Bonchev–Trinajstić information content (AvgIpc) is 2.82. The molecule has 0 saturated carbocycles. The fraction of sp³-hybridized carbons (Fsp3) is 0.133. The predicted molar refractivity (Wildman–Crippen MR) is 129 cm³/mol. The van der Waals surface area contributed by atoms with Crippen molar-refractivity contribution in [2.75, 3.05) is 0 Å². The normalized spacial score (nSPS) is 11.5. The van der Waals surface area contributed by atoms with Crippen LogP contribution < -0.4 is 0 Å². The summed E-state index contributed by atoms with van der Waals surface area (Å²) in [5.41, 5.74) is 6.09. The van der Waals surface area contributed by atoms with Gasteiger partial charge in [0.2, 0.25) is 0 Å². The van der Waals surface area contributed by atoms with E-state index in [1.807, 2.05) is 0 Å². The van der Waals surface area contributed by atoms with Crippen LogP contribution in [-0.2, 0) is 13.1 Å². The largest absolute Gasteiger partial charge is 0.277 e. The SMILES string of the molecule is Cc1ccc(C#CC(c2ccccc2)N(Cc2ccccc2)Cc2ccccc2)cc1. The number of aryl methyl sites for hydroxylation is 1. The fourth-order valence-corrected chi connectivity index (χ4v) is 3.68. The molecule has 4 rings (SSSR count). The van der Waals surface area contributed by atoms with Crippen LogP contribution >= 0.6 is 0 Å². The zero-order valence-electron chi connectivity index (χ0n) is 17.9. The summed E-state index contributed by atoms with van der Waals surface area (Å²) in [6.07, 6.45) is 0. The van der Waals surface area contributed by atoms with Crippen molar-refractivity contribution in [3.8, 4) is 11.8 Å². The molecule has 0 spiro atoms. The van der Waals surface area contributed by atoms with E-state index >= 15 is 0 Å². The quantitative estimate of drug-likeness (QED) is 0.322. The maximum atomic E-state index is 3.59. The molecule has 0 radical (unpaired) electrons. The van der Waals surface area contributed by atoms with Crippen molar-refractivity contribution in [3.05, 3.63) is 143 Å². The summed E-state index contributed by atoms with van der Waals surface area (Å²) in [6.45, 7) is 3.77. The molecule has 0 fully saturated rings. The Morgan fingerprint density at radius 3 is 1.61 bits per heavy atom. The molecule has 0 N–H and O–H groups in total. The van der Waals surface area contributed by atoms with Crippen LogP contribution in [0.25, 0.3) is 0 Å². The van der Waals surface area contributed by atoms with Crippen molar-refractivity contribution in [1.82, 2.24) is 4.90 Å². The molecule has 0 aliphatic rings. The van der Waals surface area contributed by atoms with E-state index < -0.39 is 0 Å². The molecule has 0 saturated heterocycles. The predicted octanol–water partition coefficient (Wildman–Crippen LogP) is 6.79. The maximum absolute atomic E-state index is 3.59. The number of hydrogen-bond donors (Lipinski definition) is 0. The Morgan fingerprint density at radius 2 is 1.10 bits per heavy atom. The van der Waals surface area contributed by atoms with Crippen LogP contribution in [0.2, 0.25) is 0 Å². The standard InChI is InChI=1S/C30H27N/c1-25-17-19-26(20-18-25)21-22-30(29-15-9-4-10-16-29)31(23-27-11-5-2-6-12-27)24-28-13-7-3-8-14-28/h2-20,30H,23-24H2,1H3. The molecule has 0 aliphatic carbocycles.